The molecule has 0 aromatic carbocycles. The van der Waals surface area contributed by atoms with Gasteiger partial charge < -0.3 is 4.52 Å². The first-order chi connectivity index (χ1) is 5.68. The van der Waals surface area contributed by atoms with Crippen LogP contribution in [0.25, 0.3) is 0 Å². The highest BCUT2D eigenvalue weighted by Gasteiger charge is 2.21. The van der Waals surface area contributed by atoms with Crippen molar-refractivity contribution >= 4 is 29.6 Å². The molecule has 5 heteroatoms. The largest absolute Gasteiger partial charge is 0.321 e. The second kappa shape index (κ2) is 7.25. The molecule has 1 unspecified atom stereocenters. The summed E-state index contributed by atoms with van der Waals surface area (Å²) < 4.78 is 17.1. The van der Waals surface area contributed by atoms with Crippen LogP contribution < -0.4 is 0 Å². The van der Waals surface area contributed by atoms with E-state index >= 15 is 0 Å². The molecule has 0 saturated carbocycles. The topological polar surface area (TPSA) is 26.3 Å². The zero-order valence-electron chi connectivity index (χ0n) is 7.59. The van der Waals surface area contributed by atoms with Gasteiger partial charge in [0.25, 0.3) is 6.57 Å². The summed E-state index contributed by atoms with van der Waals surface area (Å²) in [5.74, 6) is 1.39. The maximum atomic E-state index is 11.9. The molecule has 0 aromatic heterocycles. The van der Waals surface area contributed by atoms with Crippen molar-refractivity contribution in [3.05, 3.63) is 0 Å². The molecule has 0 heterocycles. The quantitative estimate of drug-likeness (QED) is 0.494. The summed E-state index contributed by atoms with van der Waals surface area (Å²) in [6, 6.07) is 0. The van der Waals surface area contributed by atoms with Crippen molar-refractivity contribution < 1.29 is 9.09 Å². The molecule has 1 atom stereocenters. The fraction of sp³-hybridized carbons (Fsp3) is 1.00. The van der Waals surface area contributed by atoms with Crippen LogP contribution in [-0.2, 0) is 9.09 Å². The predicted octanol–water partition coefficient (Wildman–Crippen LogP) is 3.60. The van der Waals surface area contributed by atoms with Gasteiger partial charge in [-0.1, -0.05) is 18.3 Å². The Hall–Kier alpha value is 0.830. The Morgan fingerprint density at radius 2 is 2.17 bits per heavy atom. The fourth-order valence-corrected chi connectivity index (χ4v) is 5.29. The van der Waals surface area contributed by atoms with Gasteiger partial charge >= 0.3 is 0 Å². The second-order valence-electron chi connectivity index (χ2n) is 2.21. The van der Waals surface area contributed by atoms with Crippen LogP contribution in [0.15, 0.2) is 0 Å². The average Bonchev–Trinajstić information content (AvgIpc) is 2.02. The molecule has 0 bridgehead atoms. The molecule has 12 heavy (non-hydrogen) atoms. The van der Waals surface area contributed by atoms with E-state index in [9.17, 15) is 4.57 Å². The third kappa shape index (κ3) is 5.47. The third-order valence-corrected chi connectivity index (χ3v) is 6.47. The molecule has 0 rings (SSSR count). The molecule has 0 aliphatic rings. The molecule has 0 fully saturated rings. The average molecular weight is 231 g/mol. The number of alkyl halides is 1. The number of hydrogen-bond acceptors (Lipinski definition) is 3. The number of halogens is 1. The molecule has 74 valence electrons. The summed E-state index contributed by atoms with van der Waals surface area (Å²) in [6.07, 6.45) is 1.37. The summed E-state index contributed by atoms with van der Waals surface area (Å²) in [5.41, 5.74) is 0. The Labute approximate surface area is 83.6 Å². The van der Waals surface area contributed by atoms with Crippen LogP contribution in [0, 0.1) is 0 Å². The van der Waals surface area contributed by atoms with E-state index in [0.717, 1.165) is 12.2 Å². The van der Waals surface area contributed by atoms with E-state index in [-0.39, 0.29) is 0 Å². The van der Waals surface area contributed by atoms with Crippen molar-refractivity contribution in [1.29, 1.82) is 0 Å². The van der Waals surface area contributed by atoms with Crippen LogP contribution in [0.1, 0.15) is 20.3 Å². The van der Waals surface area contributed by atoms with Gasteiger partial charge in [0.05, 0.1) is 6.61 Å². The zero-order valence-corrected chi connectivity index (χ0v) is 10.1. The first kappa shape index (κ1) is 12.8. The minimum absolute atomic E-state index is 0.520. The summed E-state index contributed by atoms with van der Waals surface area (Å²) in [7, 11) is 0. The Bertz CT molecular complexity index is 144. The lowest BCUT2D eigenvalue weighted by molar-refractivity contribution is 0.345. The van der Waals surface area contributed by atoms with Gasteiger partial charge in [0.2, 0.25) is 0 Å². The maximum Gasteiger partial charge on any atom is 0.257 e. The fourth-order valence-electron chi connectivity index (χ4n) is 0.813. The predicted molar refractivity (Wildman–Crippen MR) is 57.6 cm³/mol. The van der Waals surface area contributed by atoms with Crippen LogP contribution in [0.4, 0.5) is 0 Å². The van der Waals surface area contributed by atoms with E-state index in [1.54, 1.807) is 0 Å². The highest BCUT2D eigenvalue weighted by molar-refractivity contribution is 8.56. The lowest BCUT2D eigenvalue weighted by Gasteiger charge is -2.15. The van der Waals surface area contributed by atoms with E-state index in [4.69, 9.17) is 16.1 Å². The number of rotatable bonds is 7. The van der Waals surface area contributed by atoms with Gasteiger partial charge in [-0.25, -0.2) is 0 Å². The highest BCUT2D eigenvalue weighted by atomic mass is 35.5. The van der Waals surface area contributed by atoms with Crippen molar-refractivity contribution in [2.24, 2.45) is 0 Å². The first-order valence-corrected chi connectivity index (χ1v) is 8.06. The molecule has 0 radical (unpaired) electrons. The zero-order chi connectivity index (χ0) is 9.45. The van der Waals surface area contributed by atoms with Gasteiger partial charge in [0.15, 0.2) is 0 Å². The Morgan fingerprint density at radius 3 is 2.58 bits per heavy atom. The Balaban J connectivity index is 3.90. The third-order valence-electron chi connectivity index (χ3n) is 1.22. The minimum atomic E-state index is -2.40. The standard InChI is InChI=1S/C7H16ClO2PS/c1-3-10-11(9,12-4-2)7-5-6-8/h3-7H2,1-2H3. The molecule has 2 nitrogen and oxygen atoms in total. The van der Waals surface area contributed by atoms with Crippen molar-refractivity contribution in [2.75, 3.05) is 24.4 Å². The molecule has 0 N–H and O–H groups in total. The minimum Gasteiger partial charge on any atom is -0.321 e. The van der Waals surface area contributed by atoms with Crippen LogP contribution in [0.3, 0.4) is 0 Å². The molecule has 0 aliphatic heterocycles. The van der Waals surface area contributed by atoms with E-state index in [0.29, 0.717) is 18.6 Å². The molecule has 0 aromatic rings. The molecule has 0 aliphatic carbocycles. The maximum absolute atomic E-state index is 11.9. The highest BCUT2D eigenvalue weighted by Crippen LogP contribution is 2.59. The number of hydrogen-bond donors (Lipinski definition) is 0. The van der Waals surface area contributed by atoms with Gasteiger partial charge in [-0.05, 0) is 19.1 Å². The normalized spacial score (nSPS) is 15.9. The van der Waals surface area contributed by atoms with Crippen molar-refractivity contribution in [1.82, 2.24) is 0 Å². The van der Waals surface area contributed by atoms with Gasteiger partial charge in [-0.15, -0.1) is 11.6 Å². The summed E-state index contributed by atoms with van der Waals surface area (Å²) in [5, 5.41) is 0. The molecular weight excluding hydrogens is 215 g/mol. The SMILES string of the molecule is CCOP(=O)(CCCCl)SCC. The van der Waals surface area contributed by atoms with Crippen molar-refractivity contribution in [2.45, 2.75) is 20.3 Å². The summed E-state index contributed by atoms with van der Waals surface area (Å²) >= 11 is 6.94. The second-order valence-corrected chi connectivity index (χ2v) is 7.80. The van der Waals surface area contributed by atoms with Crippen LogP contribution in [-0.4, -0.2) is 24.4 Å². The molecule has 0 saturated heterocycles. The first-order valence-electron chi connectivity index (χ1n) is 4.12. The monoisotopic (exact) mass is 230 g/mol. The van der Waals surface area contributed by atoms with E-state index in [2.05, 4.69) is 0 Å². The lowest BCUT2D eigenvalue weighted by Crippen LogP contribution is -1.93. The Kier molecular flexibility index (Phi) is 7.76. The van der Waals surface area contributed by atoms with Crippen LogP contribution in [0.2, 0.25) is 0 Å². The van der Waals surface area contributed by atoms with Crippen molar-refractivity contribution in [3.63, 3.8) is 0 Å². The van der Waals surface area contributed by atoms with E-state index in [1.807, 2.05) is 13.8 Å². The van der Waals surface area contributed by atoms with Gasteiger partial charge in [-0.3, -0.25) is 4.57 Å². The summed E-state index contributed by atoms with van der Waals surface area (Å²) in [6.45, 7) is 1.96. The Morgan fingerprint density at radius 1 is 1.50 bits per heavy atom. The summed E-state index contributed by atoms with van der Waals surface area (Å²) in [4.78, 5) is 0. The smallest absolute Gasteiger partial charge is 0.257 e. The van der Waals surface area contributed by atoms with E-state index < -0.39 is 6.57 Å². The molecular formula is C7H16ClO2PS. The molecule has 0 amide bonds. The van der Waals surface area contributed by atoms with E-state index in [1.165, 1.54) is 11.4 Å². The van der Waals surface area contributed by atoms with Crippen LogP contribution in [0.5, 0.6) is 0 Å². The molecule has 0 spiro atoms. The lowest BCUT2D eigenvalue weighted by atomic mass is 10.6. The van der Waals surface area contributed by atoms with Crippen molar-refractivity contribution in [3.8, 4) is 0 Å². The van der Waals surface area contributed by atoms with Gasteiger partial charge in [0.1, 0.15) is 0 Å². The van der Waals surface area contributed by atoms with Gasteiger partial charge in [-0.2, -0.15) is 0 Å². The van der Waals surface area contributed by atoms with Gasteiger partial charge in [0, 0.05) is 12.0 Å². The van der Waals surface area contributed by atoms with Crippen LogP contribution >= 0.6 is 29.6 Å².